The molecule has 150 valence electrons. The molecule has 1 saturated carbocycles. The van der Waals surface area contributed by atoms with E-state index in [9.17, 15) is 9.59 Å². The normalized spacial score (nSPS) is 20.2. The van der Waals surface area contributed by atoms with Gasteiger partial charge in [-0.3, -0.25) is 9.59 Å². The number of aryl methyl sites for hydroxylation is 1. The Kier molecular flexibility index (Phi) is 4.64. The summed E-state index contributed by atoms with van der Waals surface area (Å²) in [4.78, 5) is 24.1. The fraction of sp³-hybridized carbons (Fsp3) is 0.407. The molecule has 2 aromatic carbocycles. The zero-order valence-electron chi connectivity index (χ0n) is 18.1. The Bertz CT molecular complexity index is 1000. The molecule has 0 saturated heterocycles. The summed E-state index contributed by atoms with van der Waals surface area (Å²) in [5.74, 6) is -0.415. The molecule has 0 spiro atoms. The molecule has 0 heterocycles. The average molecular weight is 387 g/mol. The van der Waals surface area contributed by atoms with E-state index in [2.05, 4.69) is 71.0 Å². The van der Waals surface area contributed by atoms with Gasteiger partial charge in [0, 0.05) is 23.7 Å². The summed E-state index contributed by atoms with van der Waals surface area (Å²) in [5.41, 5.74) is 7.60. The van der Waals surface area contributed by atoms with Crippen LogP contribution in [0.3, 0.4) is 0 Å². The number of benzene rings is 2. The van der Waals surface area contributed by atoms with Crippen molar-refractivity contribution in [2.45, 2.75) is 70.6 Å². The van der Waals surface area contributed by atoms with Gasteiger partial charge in [0.15, 0.2) is 0 Å². The zero-order valence-corrected chi connectivity index (χ0v) is 18.1. The molecule has 2 nitrogen and oxygen atoms in total. The molecule has 2 aliphatic rings. The van der Waals surface area contributed by atoms with Crippen LogP contribution in [0.25, 0.3) is 0 Å². The summed E-state index contributed by atoms with van der Waals surface area (Å²) < 4.78 is 0. The molecule has 0 bridgehead atoms. The van der Waals surface area contributed by atoms with E-state index in [1.165, 1.54) is 27.8 Å². The zero-order chi connectivity index (χ0) is 21.0. The maximum atomic E-state index is 12.0. The summed E-state index contributed by atoms with van der Waals surface area (Å²) in [7, 11) is 0. The Morgan fingerprint density at radius 3 is 1.90 bits per heavy atom. The maximum absolute atomic E-state index is 12.0. The topological polar surface area (TPSA) is 34.1 Å². The lowest BCUT2D eigenvalue weighted by atomic mass is 9.67. The number of allylic oxidation sites excluding steroid dienone is 2. The van der Waals surface area contributed by atoms with Crippen molar-refractivity contribution >= 4 is 11.6 Å². The van der Waals surface area contributed by atoms with Gasteiger partial charge < -0.3 is 0 Å². The largest absolute Gasteiger partial charge is 0.299 e. The van der Waals surface area contributed by atoms with Gasteiger partial charge in [-0.05, 0) is 46.7 Å². The number of Topliss-reactive ketones (excluding diaryl/α,β-unsaturated/α-hetero) is 2. The third-order valence-corrected chi connectivity index (χ3v) is 6.75. The van der Waals surface area contributed by atoms with Crippen molar-refractivity contribution in [1.29, 1.82) is 0 Å². The molecular weight excluding hydrogens is 356 g/mol. The molecule has 2 aromatic rings. The number of carbonyl (C=O) groups is 2. The molecule has 0 N–H and O–H groups in total. The summed E-state index contributed by atoms with van der Waals surface area (Å²) in [6.45, 7) is 11.3. The first-order valence-corrected chi connectivity index (χ1v) is 10.6. The molecule has 0 aliphatic heterocycles. The van der Waals surface area contributed by atoms with E-state index in [1.54, 1.807) is 0 Å². The van der Waals surface area contributed by atoms with Crippen LogP contribution >= 0.6 is 0 Å². The Morgan fingerprint density at radius 2 is 1.34 bits per heavy atom. The Balaban J connectivity index is 1.64. The van der Waals surface area contributed by atoms with Gasteiger partial charge >= 0.3 is 0 Å². The van der Waals surface area contributed by atoms with Crippen molar-refractivity contribution < 1.29 is 9.59 Å². The third kappa shape index (κ3) is 3.50. The fourth-order valence-corrected chi connectivity index (χ4v) is 4.74. The highest BCUT2D eigenvalue weighted by Crippen LogP contribution is 2.42. The molecule has 1 fully saturated rings. The minimum Gasteiger partial charge on any atom is -0.299 e. The van der Waals surface area contributed by atoms with Crippen LogP contribution in [0.1, 0.15) is 79.8 Å². The smallest absolute Gasteiger partial charge is 0.148 e. The van der Waals surface area contributed by atoms with Crippen LogP contribution in [0.15, 0.2) is 48.6 Å². The molecule has 2 aliphatic carbocycles. The standard InChI is InChI=1S/C27H30O2/c1-17-14-21-22(27(4,5)13-12-26(21,2)3)16-20(17)15-18-6-8-19(9-7-18)25-23(28)10-11-24(25)29/h6-9,12-14,16,25H,10-11,15H2,1-5H3. The molecular formula is C27H30O2. The lowest BCUT2D eigenvalue weighted by molar-refractivity contribution is -0.123. The lowest BCUT2D eigenvalue weighted by Gasteiger charge is -2.37. The fourth-order valence-electron chi connectivity index (χ4n) is 4.74. The van der Waals surface area contributed by atoms with Gasteiger partial charge in [0.1, 0.15) is 17.5 Å². The Morgan fingerprint density at radius 1 is 0.828 bits per heavy atom. The van der Waals surface area contributed by atoms with Gasteiger partial charge in [-0.2, -0.15) is 0 Å². The van der Waals surface area contributed by atoms with Crippen molar-refractivity contribution in [2.75, 3.05) is 0 Å². The first-order chi connectivity index (χ1) is 13.6. The van der Waals surface area contributed by atoms with Crippen LogP contribution in [0.5, 0.6) is 0 Å². The Labute approximate surface area is 174 Å². The number of rotatable bonds is 3. The summed E-state index contributed by atoms with van der Waals surface area (Å²) in [6, 6.07) is 12.8. The highest BCUT2D eigenvalue weighted by molar-refractivity contribution is 6.13. The van der Waals surface area contributed by atoms with Crippen molar-refractivity contribution in [3.63, 3.8) is 0 Å². The molecule has 4 rings (SSSR count). The van der Waals surface area contributed by atoms with E-state index < -0.39 is 5.92 Å². The van der Waals surface area contributed by atoms with Crippen LogP contribution in [0.2, 0.25) is 0 Å². The van der Waals surface area contributed by atoms with Crippen molar-refractivity contribution in [1.82, 2.24) is 0 Å². The van der Waals surface area contributed by atoms with Crippen LogP contribution in [0.4, 0.5) is 0 Å². The number of hydrogen-bond acceptors (Lipinski definition) is 2. The van der Waals surface area contributed by atoms with E-state index in [4.69, 9.17) is 0 Å². The van der Waals surface area contributed by atoms with E-state index in [-0.39, 0.29) is 22.4 Å². The summed E-state index contributed by atoms with van der Waals surface area (Å²) in [5, 5.41) is 0. The minimum atomic E-state index is -0.538. The number of ketones is 2. The second kappa shape index (κ2) is 6.79. The predicted molar refractivity (Wildman–Crippen MR) is 118 cm³/mol. The highest BCUT2D eigenvalue weighted by atomic mass is 16.2. The van der Waals surface area contributed by atoms with Gasteiger partial charge in [-0.15, -0.1) is 0 Å². The van der Waals surface area contributed by atoms with E-state index in [1.807, 2.05) is 12.1 Å². The predicted octanol–water partition coefficient (Wildman–Crippen LogP) is 5.73. The Hall–Kier alpha value is -2.48. The van der Waals surface area contributed by atoms with E-state index in [0.717, 1.165) is 12.0 Å². The highest BCUT2D eigenvalue weighted by Gasteiger charge is 2.34. The molecule has 0 unspecified atom stereocenters. The summed E-state index contributed by atoms with van der Waals surface area (Å²) >= 11 is 0. The quantitative estimate of drug-likeness (QED) is 0.499. The minimum absolute atomic E-state index is 0.0281. The lowest BCUT2D eigenvalue weighted by Crippen LogP contribution is -2.29. The third-order valence-electron chi connectivity index (χ3n) is 6.75. The van der Waals surface area contributed by atoms with Gasteiger partial charge in [-0.1, -0.05) is 76.2 Å². The number of carbonyl (C=O) groups excluding carboxylic acids is 2. The van der Waals surface area contributed by atoms with Crippen LogP contribution in [-0.4, -0.2) is 11.6 Å². The molecule has 0 aromatic heterocycles. The monoisotopic (exact) mass is 386 g/mol. The number of hydrogen-bond donors (Lipinski definition) is 0. The molecule has 0 atom stereocenters. The van der Waals surface area contributed by atoms with Crippen LogP contribution in [-0.2, 0) is 26.8 Å². The van der Waals surface area contributed by atoms with Gasteiger partial charge in [0.25, 0.3) is 0 Å². The van der Waals surface area contributed by atoms with Gasteiger partial charge in [-0.25, -0.2) is 0 Å². The second-order valence-electron chi connectivity index (χ2n) is 9.88. The number of fused-ring (bicyclic) bond motifs is 1. The van der Waals surface area contributed by atoms with Crippen molar-refractivity contribution in [3.8, 4) is 0 Å². The molecule has 0 radical (unpaired) electrons. The van der Waals surface area contributed by atoms with E-state index in [0.29, 0.717) is 12.8 Å². The van der Waals surface area contributed by atoms with Crippen molar-refractivity contribution in [2.24, 2.45) is 0 Å². The molecule has 2 heteroatoms. The van der Waals surface area contributed by atoms with Gasteiger partial charge in [0.05, 0.1) is 0 Å². The van der Waals surface area contributed by atoms with Crippen LogP contribution in [0, 0.1) is 6.92 Å². The molecule has 29 heavy (non-hydrogen) atoms. The first-order valence-electron chi connectivity index (χ1n) is 10.6. The first kappa shape index (κ1) is 19.8. The van der Waals surface area contributed by atoms with E-state index >= 15 is 0 Å². The van der Waals surface area contributed by atoms with Crippen molar-refractivity contribution in [3.05, 3.63) is 81.9 Å². The SMILES string of the molecule is Cc1cc2c(cc1Cc1ccc(C3C(=O)CCC3=O)cc1)C(C)(C)C=CC2(C)C. The summed E-state index contributed by atoms with van der Waals surface area (Å²) in [6.07, 6.45) is 6.30. The molecule has 0 amide bonds. The average Bonchev–Trinajstić information content (AvgIpc) is 2.99. The maximum Gasteiger partial charge on any atom is 0.148 e. The second-order valence-corrected chi connectivity index (χ2v) is 9.88. The van der Waals surface area contributed by atoms with Gasteiger partial charge in [0.2, 0.25) is 0 Å². The van der Waals surface area contributed by atoms with Crippen LogP contribution < -0.4 is 0 Å².